The maximum absolute atomic E-state index is 12.9. The molecule has 6 heteroatoms. The van der Waals surface area contributed by atoms with Crippen molar-refractivity contribution in [2.24, 2.45) is 0 Å². The molecule has 0 aliphatic heterocycles. The Hall–Kier alpha value is -1.66. The number of hydrogen-bond donors (Lipinski definition) is 2. The standard InChI is InChI=1S/C11H11FN2O2S/c12-10-2-1-3-11(6-10)17(15,16)14-8-9-4-5-13-7-9/h1-7,13-14H,8H2. The molecular weight excluding hydrogens is 243 g/mol. The molecule has 2 rings (SSSR count). The Kier molecular flexibility index (Phi) is 3.26. The van der Waals surface area contributed by atoms with Gasteiger partial charge in [0.2, 0.25) is 10.0 Å². The fourth-order valence-electron chi connectivity index (χ4n) is 1.36. The SMILES string of the molecule is O=S(=O)(NCc1cc[nH]c1)c1cccc(F)c1. The van der Waals surface area contributed by atoms with Gasteiger partial charge in [0.15, 0.2) is 0 Å². The van der Waals surface area contributed by atoms with Crippen LogP contribution in [0.2, 0.25) is 0 Å². The van der Waals surface area contributed by atoms with Crippen LogP contribution in [0.25, 0.3) is 0 Å². The van der Waals surface area contributed by atoms with Crippen molar-refractivity contribution in [3.8, 4) is 0 Å². The van der Waals surface area contributed by atoms with Crippen molar-refractivity contribution < 1.29 is 12.8 Å². The molecule has 0 saturated carbocycles. The predicted octanol–water partition coefficient (Wildman–Crippen LogP) is 1.63. The Morgan fingerprint density at radius 2 is 2.12 bits per heavy atom. The van der Waals surface area contributed by atoms with Crippen LogP contribution >= 0.6 is 0 Å². The molecule has 0 spiro atoms. The van der Waals surface area contributed by atoms with Gasteiger partial charge in [-0.3, -0.25) is 0 Å². The van der Waals surface area contributed by atoms with E-state index in [2.05, 4.69) is 9.71 Å². The van der Waals surface area contributed by atoms with Crippen molar-refractivity contribution in [1.82, 2.24) is 9.71 Å². The van der Waals surface area contributed by atoms with Crippen LogP contribution in [0.5, 0.6) is 0 Å². The number of H-pyrrole nitrogens is 1. The van der Waals surface area contributed by atoms with Crippen LogP contribution in [0.3, 0.4) is 0 Å². The highest BCUT2D eigenvalue weighted by Crippen LogP contribution is 2.10. The summed E-state index contributed by atoms with van der Waals surface area (Å²) < 4.78 is 38.9. The normalized spacial score (nSPS) is 11.6. The Balaban J connectivity index is 2.14. The minimum absolute atomic E-state index is 0.0759. The summed E-state index contributed by atoms with van der Waals surface area (Å²) in [7, 11) is -3.66. The van der Waals surface area contributed by atoms with Gasteiger partial charge in [-0.1, -0.05) is 6.07 Å². The molecule has 0 radical (unpaired) electrons. The van der Waals surface area contributed by atoms with E-state index in [9.17, 15) is 12.8 Å². The monoisotopic (exact) mass is 254 g/mol. The second-order valence-electron chi connectivity index (χ2n) is 3.50. The lowest BCUT2D eigenvalue weighted by atomic mass is 10.3. The molecule has 1 aromatic carbocycles. The number of benzene rings is 1. The number of nitrogens with one attached hydrogen (secondary N) is 2. The molecule has 0 saturated heterocycles. The van der Waals surface area contributed by atoms with Gasteiger partial charge in [0, 0.05) is 18.9 Å². The van der Waals surface area contributed by atoms with Gasteiger partial charge in [-0.25, -0.2) is 17.5 Å². The van der Waals surface area contributed by atoms with Crippen LogP contribution in [-0.4, -0.2) is 13.4 Å². The molecule has 0 fully saturated rings. The van der Waals surface area contributed by atoms with E-state index in [1.165, 1.54) is 18.2 Å². The lowest BCUT2D eigenvalue weighted by molar-refractivity contribution is 0.577. The first-order valence-corrected chi connectivity index (χ1v) is 6.43. The van der Waals surface area contributed by atoms with E-state index in [1.54, 1.807) is 18.5 Å². The highest BCUT2D eigenvalue weighted by atomic mass is 32.2. The largest absolute Gasteiger partial charge is 0.367 e. The zero-order valence-electron chi connectivity index (χ0n) is 8.85. The van der Waals surface area contributed by atoms with Crippen molar-refractivity contribution in [2.75, 3.05) is 0 Å². The lowest BCUT2D eigenvalue weighted by Gasteiger charge is -2.05. The fourth-order valence-corrected chi connectivity index (χ4v) is 2.41. The molecular formula is C11H11FN2O2S. The summed E-state index contributed by atoms with van der Waals surface area (Å²) in [5.41, 5.74) is 0.810. The van der Waals surface area contributed by atoms with E-state index in [-0.39, 0.29) is 11.4 Å². The molecule has 0 aliphatic rings. The molecule has 90 valence electrons. The first kappa shape index (κ1) is 11.8. The summed E-state index contributed by atoms with van der Waals surface area (Å²) in [4.78, 5) is 2.74. The third-order valence-corrected chi connectivity index (χ3v) is 3.63. The minimum atomic E-state index is -3.66. The maximum Gasteiger partial charge on any atom is 0.240 e. The first-order chi connectivity index (χ1) is 8.08. The number of aromatic amines is 1. The van der Waals surface area contributed by atoms with Gasteiger partial charge in [-0.05, 0) is 29.8 Å². The van der Waals surface area contributed by atoms with Crippen LogP contribution in [0.15, 0.2) is 47.6 Å². The van der Waals surface area contributed by atoms with Crippen molar-refractivity contribution in [1.29, 1.82) is 0 Å². The lowest BCUT2D eigenvalue weighted by Crippen LogP contribution is -2.23. The smallest absolute Gasteiger partial charge is 0.240 e. The molecule has 0 bridgehead atoms. The van der Waals surface area contributed by atoms with Crippen molar-refractivity contribution >= 4 is 10.0 Å². The molecule has 2 aromatic rings. The molecule has 17 heavy (non-hydrogen) atoms. The summed E-state index contributed by atoms with van der Waals surface area (Å²) in [5, 5.41) is 0. The van der Waals surface area contributed by atoms with Gasteiger partial charge in [0.25, 0.3) is 0 Å². The fraction of sp³-hybridized carbons (Fsp3) is 0.0909. The Morgan fingerprint density at radius 3 is 2.76 bits per heavy atom. The van der Waals surface area contributed by atoms with Gasteiger partial charge in [-0.2, -0.15) is 0 Å². The van der Waals surface area contributed by atoms with Gasteiger partial charge >= 0.3 is 0 Å². The van der Waals surface area contributed by atoms with Gasteiger partial charge in [0.1, 0.15) is 5.82 Å². The summed E-state index contributed by atoms with van der Waals surface area (Å²) >= 11 is 0. The van der Waals surface area contributed by atoms with Crippen LogP contribution in [0.1, 0.15) is 5.56 Å². The summed E-state index contributed by atoms with van der Waals surface area (Å²) in [5.74, 6) is -0.575. The average molecular weight is 254 g/mol. The molecule has 1 heterocycles. The van der Waals surface area contributed by atoms with E-state index in [0.29, 0.717) is 0 Å². The van der Waals surface area contributed by atoms with Crippen molar-refractivity contribution in [2.45, 2.75) is 11.4 Å². The van der Waals surface area contributed by atoms with E-state index in [1.807, 2.05) is 0 Å². The number of hydrogen-bond acceptors (Lipinski definition) is 2. The minimum Gasteiger partial charge on any atom is -0.367 e. The summed E-state index contributed by atoms with van der Waals surface area (Å²) in [6, 6.07) is 6.65. The number of rotatable bonds is 4. The molecule has 0 unspecified atom stereocenters. The molecule has 4 nitrogen and oxygen atoms in total. The topological polar surface area (TPSA) is 62.0 Å². The molecule has 0 amide bonds. The van der Waals surface area contributed by atoms with Crippen LogP contribution in [0.4, 0.5) is 4.39 Å². The second kappa shape index (κ2) is 4.68. The number of sulfonamides is 1. The van der Waals surface area contributed by atoms with E-state index < -0.39 is 15.8 Å². The highest BCUT2D eigenvalue weighted by molar-refractivity contribution is 7.89. The van der Waals surface area contributed by atoms with Crippen molar-refractivity contribution in [3.05, 3.63) is 54.1 Å². The molecule has 2 N–H and O–H groups in total. The zero-order valence-corrected chi connectivity index (χ0v) is 9.67. The van der Waals surface area contributed by atoms with Crippen LogP contribution < -0.4 is 4.72 Å². The third-order valence-electron chi connectivity index (χ3n) is 2.24. The first-order valence-electron chi connectivity index (χ1n) is 4.95. The van der Waals surface area contributed by atoms with Gasteiger partial charge in [0.05, 0.1) is 4.90 Å². The van der Waals surface area contributed by atoms with E-state index >= 15 is 0 Å². The molecule has 0 aliphatic carbocycles. The van der Waals surface area contributed by atoms with E-state index in [4.69, 9.17) is 0 Å². The van der Waals surface area contributed by atoms with Crippen LogP contribution in [0, 0.1) is 5.82 Å². The Bertz CT molecular complexity index is 594. The van der Waals surface area contributed by atoms with Crippen molar-refractivity contribution in [3.63, 3.8) is 0 Å². The Labute approximate surface area is 98.5 Å². The van der Waals surface area contributed by atoms with Crippen LogP contribution in [-0.2, 0) is 16.6 Å². The second-order valence-corrected chi connectivity index (χ2v) is 5.27. The highest BCUT2D eigenvalue weighted by Gasteiger charge is 2.14. The number of aromatic nitrogens is 1. The Morgan fingerprint density at radius 1 is 1.29 bits per heavy atom. The predicted molar refractivity (Wildman–Crippen MR) is 61.2 cm³/mol. The molecule has 0 atom stereocenters. The van der Waals surface area contributed by atoms with E-state index in [0.717, 1.165) is 11.6 Å². The zero-order chi connectivity index (χ0) is 12.3. The molecule has 1 aromatic heterocycles. The summed E-state index contributed by atoms with van der Waals surface area (Å²) in [6.45, 7) is 0.169. The number of halogens is 1. The maximum atomic E-state index is 12.9. The van der Waals surface area contributed by atoms with Gasteiger partial charge < -0.3 is 4.98 Å². The quantitative estimate of drug-likeness (QED) is 0.871. The van der Waals surface area contributed by atoms with Gasteiger partial charge in [-0.15, -0.1) is 0 Å². The third kappa shape index (κ3) is 2.92. The summed E-state index contributed by atoms with van der Waals surface area (Å²) in [6.07, 6.45) is 3.39. The average Bonchev–Trinajstić information content (AvgIpc) is 2.79.